The van der Waals surface area contributed by atoms with E-state index in [1.54, 1.807) is 18.3 Å². The number of aliphatic hydroxyl groups excluding tert-OH is 1. The third-order valence-electron chi connectivity index (χ3n) is 9.66. The quantitative estimate of drug-likeness (QED) is 0.246. The molecule has 0 atom stereocenters. The number of nitrogens with zero attached hydrogens (tertiary/aromatic N) is 5. The molecule has 2 fully saturated rings. The molecule has 5 heterocycles. The molecule has 3 aliphatic rings. The summed E-state index contributed by atoms with van der Waals surface area (Å²) in [7, 11) is 2.14. The highest BCUT2D eigenvalue weighted by Gasteiger charge is 2.44. The molecule has 10 nitrogen and oxygen atoms in total. The lowest BCUT2D eigenvalue weighted by atomic mass is 9.96. The SMILES string of the molecule is CN1CCN(c2ccc(-c3cc4c(-c5cccc(N6CCOc7cc(C8(O)CC8)cc(F)c7C6=O)c5CO)ccnc4[nH]3)nc2)CC1. The first-order valence-electron chi connectivity index (χ1n) is 15.9. The van der Waals surface area contributed by atoms with Crippen molar-refractivity contribution in [3.05, 3.63) is 89.5 Å². The third kappa shape index (κ3) is 5.20. The Morgan fingerprint density at radius 1 is 1.00 bits per heavy atom. The van der Waals surface area contributed by atoms with Crippen LogP contribution in [0.2, 0.25) is 0 Å². The standard InChI is InChI=1S/C36H35FN6O4/c1-41-11-13-42(14-12-41)23-5-6-29(39-20-23)30-19-26-25(7-10-38-34(26)40-30)24-3-2-4-31(27(24)21-44)43-15-16-47-32-18-22(36(46)8-9-36)17-28(37)33(32)35(43)45/h2-7,10,17-20,44,46H,8-9,11-16,21H2,1H3,(H,38,40). The second-order valence-corrected chi connectivity index (χ2v) is 12.6. The average Bonchev–Trinajstić information content (AvgIpc) is 3.73. The van der Waals surface area contributed by atoms with Crippen molar-refractivity contribution in [3.8, 4) is 28.3 Å². The molecule has 240 valence electrons. The summed E-state index contributed by atoms with van der Waals surface area (Å²) in [5.41, 5.74) is 5.08. The van der Waals surface area contributed by atoms with Gasteiger partial charge in [0.1, 0.15) is 29.4 Å². The van der Waals surface area contributed by atoms with Crippen LogP contribution in [-0.2, 0) is 12.2 Å². The van der Waals surface area contributed by atoms with Crippen molar-refractivity contribution < 1.29 is 24.1 Å². The summed E-state index contributed by atoms with van der Waals surface area (Å²) in [5.74, 6) is -1.18. The minimum absolute atomic E-state index is 0.121. The molecular weight excluding hydrogens is 599 g/mol. The molecule has 2 aliphatic heterocycles. The van der Waals surface area contributed by atoms with Crippen LogP contribution in [-0.4, -0.2) is 82.4 Å². The van der Waals surface area contributed by atoms with Gasteiger partial charge in [-0.05, 0) is 79.0 Å². The maximum absolute atomic E-state index is 15.5. The molecule has 0 spiro atoms. The fourth-order valence-corrected chi connectivity index (χ4v) is 6.73. The number of rotatable bonds is 6. The number of carbonyl (C=O) groups is 1. The van der Waals surface area contributed by atoms with Gasteiger partial charge in [0.05, 0.1) is 47.7 Å². The molecule has 1 saturated heterocycles. The number of hydrogen-bond acceptors (Lipinski definition) is 8. The number of hydrogen-bond donors (Lipinski definition) is 3. The smallest absolute Gasteiger partial charge is 0.265 e. The zero-order valence-corrected chi connectivity index (χ0v) is 26.0. The lowest BCUT2D eigenvalue weighted by Crippen LogP contribution is -2.44. The Bertz CT molecular complexity index is 2000. The van der Waals surface area contributed by atoms with Gasteiger partial charge >= 0.3 is 0 Å². The second-order valence-electron chi connectivity index (χ2n) is 12.6. The van der Waals surface area contributed by atoms with Crippen molar-refractivity contribution in [3.63, 3.8) is 0 Å². The van der Waals surface area contributed by atoms with Gasteiger partial charge in [-0.15, -0.1) is 0 Å². The summed E-state index contributed by atoms with van der Waals surface area (Å²) in [6, 6.07) is 16.3. The fourth-order valence-electron chi connectivity index (χ4n) is 6.73. The molecule has 1 saturated carbocycles. The number of amides is 1. The van der Waals surface area contributed by atoms with E-state index >= 15 is 4.39 Å². The van der Waals surface area contributed by atoms with Crippen molar-refractivity contribution in [1.29, 1.82) is 0 Å². The van der Waals surface area contributed by atoms with Crippen LogP contribution in [0.1, 0.15) is 34.3 Å². The van der Waals surface area contributed by atoms with Crippen molar-refractivity contribution in [2.24, 2.45) is 0 Å². The molecule has 2 aromatic carbocycles. The number of H-pyrrole nitrogens is 1. The Labute approximate surface area is 271 Å². The predicted octanol–water partition coefficient (Wildman–Crippen LogP) is 4.70. The molecule has 5 aromatic rings. The van der Waals surface area contributed by atoms with Crippen LogP contribution in [0.25, 0.3) is 33.5 Å². The van der Waals surface area contributed by atoms with Gasteiger partial charge in [0.25, 0.3) is 5.91 Å². The number of anilines is 2. The van der Waals surface area contributed by atoms with Crippen LogP contribution < -0.4 is 14.5 Å². The van der Waals surface area contributed by atoms with Gasteiger partial charge in [0.2, 0.25) is 0 Å². The van der Waals surface area contributed by atoms with Crippen molar-refractivity contribution in [2.75, 3.05) is 56.2 Å². The largest absolute Gasteiger partial charge is 0.491 e. The molecule has 0 bridgehead atoms. The fraction of sp³-hybridized carbons (Fsp3) is 0.306. The molecule has 47 heavy (non-hydrogen) atoms. The average molecular weight is 635 g/mol. The monoisotopic (exact) mass is 634 g/mol. The zero-order chi connectivity index (χ0) is 32.3. The molecule has 8 rings (SSSR count). The van der Waals surface area contributed by atoms with E-state index in [0.29, 0.717) is 35.3 Å². The summed E-state index contributed by atoms with van der Waals surface area (Å²) < 4.78 is 21.3. The van der Waals surface area contributed by atoms with Crippen LogP contribution >= 0.6 is 0 Å². The van der Waals surface area contributed by atoms with Crippen LogP contribution in [0.15, 0.2) is 67.0 Å². The molecule has 0 radical (unpaired) electrons. The number of ether oxygens (including phenoxy) is 1. The van der Waals surface area contributed by atoms with Crippen molar-refractivity contribution >= 4 is 28.3 Å². The molecule has 11 heteroatoms. The topological polar surface area (TPSA) is 118 Å². The lowest BCUT2D eigenvalue weighted by molar-refractivity contribution is 0.0985. The molecule has 0 unspecified atom stereocenters. The van der Waals surface area contributed by atoms with Crippen LogP contribution in [0.5, 0.6) is 5.75 Å². The minimum atomic E-state index is -1.06. The number of aliphatic hydroxyl groups is 2. The first-order chi connectivity index (χ1) is 22.8. The van der Waals surface area contributed by atoms with Gasteiger partial charge in [0, 0.05) is 43.3 Å². The molecule has 1 aliphatic carbocycles. The maximum atomic E-state index is 15.5. The van der Waals surface area contributed by atoms with Crippen LogP contribution in [0.3, 0.4) is 0 Å². The number of carbonyl (C=O) groups excluding carboxylic acids is 1. The Morgan fingerprint density at radius 2 is 1.83 bits per heavy atom. The summed E-state index contributed by atoms with van der Waals surface area (Å²) in [6.45, 7) is 3.89. The Kier molecular flexibility index (Phi) is 7.20. The first-order valence-corrected chi connectivity index (χ1v) is 15.9. The zero-order valence-electron chi connectivity index (χ0n) is 26.0. The number of benzene rings is 2. The maximum Gasteiger partial charge on any atom is 0.265 e. The van der Waals surface area contributed by atoms with Crippen molar-refractivity contribution in [2.45, 2.75) is 25.0 Å². The number of piperazine rings is 1. The number of fused-ring (bicyclic) bond motifs is 2. The predicted molar refractivity (Wildman–Crippen MR) is 177 cm³/mol. The first kappa shape index (κ1) is 29.6. The van der Waals surface area contributed by atoms with E-state index in [2.05, 4.69) is 32.9 Å². The third-order valence-corrected chi connectivity index (χ3v) is 9.66. The van der Waals surface area contributed by atoms with Crippen molar-refractivity contribution in [1.82, 2.24) is 19.9 Å². The van der Waals surface area contributed by atoms with Crippen LogP contribution in [0.4, 0.5) is 15.8 Å². The number of halogens is 1. The van der Waals surface area contributed by atoms with Gasteiger partial charge < -0.3 is 34.6 Å². The highest BCUT2D eigenvalue weighted by Crippen LogP contribution is 2.47. The summed E-state index contributed by atoms with van der Waals surface area (Å²) in [6.07, 6.45) is 4.70. The van der Waals surface area contributed by atoms with Gasteiger partial charge in [-0.25, -0.2) is 9.37 Å². The molecule has 3 N–H and O–H groups in total. The Hall–Kier alpha value is -4.84. The Morgan fingerprint density at radius 3 is 2.57 bits per heavy atom. The number of aromatic amines is 1. The molecule has 1 amide bonds. The molecule has 3 aromatic heterocycles. The summed E-state index contributed by atoms with van der Waals surface area (Å²) >= 11 is 0. The van der Waals surface area contributed by atoms with E-state index in [1.165, 1.54) is 11.0 Å². The van der Waals surface area contributed by atoms with Crippen LogP contribution in [0, 0.1) is 5.82 Å². The van der Waals surface area contributed by atoms with E-state index in [-0.39, 0.29) is 31.1 Å². The number of aromatic nitrogens is 3. The van der Waals surface area contributed by atoms with E-state index in [9.17, 15) is 15.0 Å². The normalized spacial score (nSPS) is 17.8. The summed E-state index contributed by atoms with van der Waals surface area (Å²) in [5, 5.41) is 22.1. The number of pyridine rings is 2. The van der Waals surface area contributed by atoms with Gasteiger partial charge in [-0.1, -0.05) is 12.1 Å². The second kappa shape index (κ2) is 11.4. The van der Waals surface area contributed by atoms with E-state index < -0.39 is 17.3 Å². The Balaban J connectivity index is 1.14. The lowest BCUT2D eigenvalue weighted by Gasteiger charge is -2.33. The highest BCUT2D eigenvalue weighted by atomic mass is 19.1. The highest BCUT2D eigenvalue weighted by molar-refractivity contribution is 6.09. The number of nitrogens with one attached hydrogen (secondary N) is 1. The number of likely N-dealkylation sites (N-methyl/N-ethyl adjacent to an activating group) is 1. The van der Waals surface area contributed by atoms with Gasteiger partial charge in [-0.3, -0.25) is 9.78 Å². The van der Waals surface area contributed by atoms with Gasteiger partial charge in [0.15, 0.2) is 0 Å². The van der Waals surface area contributed by atoms with E-state index in [4.69, 9.17) is 9.72 Å². The van der Waals surface area contributed by atoms with E-state index in [1.807, 2.05) is 36.5 Å². The van der Waals surface area contributed by atoms with Gasteiger partial charge in [-0.2, -0.15) is 0 Å². The molecular formula is C36H35FN6O4. The summed E-state index contributed by atoms with van der Waals surface area (Å²) in [4.78, 5) is 32.7. The minimum Gasteiger partial charge on any atom is -0.491 e. The van der Waals surface area contributed by atoms with E-state index in [0.717, 1.165) is 59.8 Å².